The van der Waals surface area contributed by atoms with E-state index in [1.807, 2.05) is 0 Å². The van der Waals surface area contributed by atoms with Crippen LogP contribution >= 0.6 is 0 Å². The molecule has 4 N–H and O–H groups in total. The molecule has 0 radical (unpaired) electrons. The zero-order valence-electron chi connectivity index (χ0n) is 25.3. The maximum absolute atomic E-state index is 13.1. The number of carbonyl (C=O) groups excluding carboxylic acids is 5. The number of amides is 3. The molecule has 13 heteroatoms. The van der Waals surface area contributed by atoms with Crippen LogP contribution in [-0.4, -0.2) is 75.2 Å². The minimum Gasteiger partial charge on any atom is -0.458 e. The number of hydrogen-bond donors (Lipinski definition) is 4. The van der Waals surface area contributed by atoms with Gasteiger partial charge in [0.25, 0.3) is 11.8 Å². The molecule has 0 saturated carbocycles. The molecule has 0 aliphatic rings. The maximum atomic E-state index is 13.1. The fourth-order valence-corrected chi connectivity index (χ4v) is 3.18. The number of imidazole rings is 1. The fourth-order valence-electron chi connectivity index (χ4n) is 3.18. The summed E-state index contributed by atoms with van der Waals surface area (Å²) < 4.78 is 15.9. The van der Waals surface area contributed by atoms with Crippen molar-refractivity contribution in [1.29, 1.82) is 0 Å². The summed E-state index contributed by atoms with van der Waals surface area (Å²) in [7, 11) is 0. The molecule has 40 heavy (non-hydrogen) atoms. The Labute approximate surface area is 235 Å². The molecule has 13 nitrogen and oxygen atoms in total. The van der Waals surface area contributed by atoms with Gasteiger partial charge in [-0.2, -0.15) is 0 Å². The molecule has 3 amide bonds. The van der Waals surface area contributed by atoms with Crippen LogP contribution < -0.4 is 16.0 Å². The maximum Gasteiger partial charge on any atom is 0.407 e. The Kier molecular flexibility index (Phi) is 12.1. The van der Waals surface area contributed by atoms with E-state index in [0.29, 0.717) is 19.4 Å². The van der Waals surface area contributed by atoms with Crippen molar-refractivity contribution in [2.45, 2.75) is 117 Å². The van der Waals surface area contributed by atoms with Crippen molar-refractivity contribution in [3.63, 3.8) is 0 Å². The third-order valence-electron chi connectivity index (χ3n) is 4.77. The van der Waals surface area contributed by atoms with E-state index in [-0.39, 0.29) is 17.8 Å². The number of nitrogens with zero attached hydrogens (tertiary/aromatic N) is 1. The summed E-state index contributed by atoms with van der Waals surface area (Å²) >= 11 is 0. The van der Waals surface area contributed by atoms with Gasteiger partial charge in [0.15, 0.2) is 5.69 Å². The van der Waals surface area contributed by atoms with Gasteiger partial charge in [0.1, 0.15) is 34.6 Å². The van der Waals surface area contributed by atoms with Crippen LogP contribution in [0.2, 0.25) is 0 Å². The highest BCUT2D eigenvalue weighted by Crippen LogP contribution is 2.14. The first-order valence-corrected chi connectivity index (χ1v) is 13.3. The van der Waals surface area contributed by atoms with E-state index in [0.717, 1.165) is 6.33 Å². The molecule has 226 valence electrons. The lowest BCUT2D eigenvalue weighted by atomic mass is 10.1. The van der Waals surface area contributed by atoms with E-state index in [1.54, 1.807) is 62.3 Å². The highest BCUT2D eigenvalue weighted by atomic mass is 16.6. The van der Waals surface area contributed by atoms with Crippen molar-refractivity contribution in [3.8, 4) is 0 Å². The van der Waals surface area contributed by atoms with Crippen molar-refractivity contribution < 1.29 is 38.2 Å². The summed E-state index contributed by atoms with van der Waals surface area (Å²) in [4.78, 5) is 69.3. The Morgan fingerprint density at radius 2 is 1.35 bits per heavy atom. The standard InChI is InChI=1S/C27H45N5O8/c1-16(22(35)38-25(2,3)4)31-20(33)18-19(30-15-29-18)21(34)32-17(23(36)39-26(5,6)7)13-11-12-14-28-24(37)40-27(8,9)10/h15-17H,11-14H2,1-10H3,(H,28,37)(H,29,30)(H,31,33)(H,32,34)/t16-,17-/m0/s1. The second-order valence-corrected chi connectivity index (χ2v) is 12.3. The van der Waals surface area contributed by atoms with Crippen LogP contribution in [0.1, 0.15) is 109 Å². The number of nitrogens with one attached hydrogen (secondary N) is 4. The van der Waals surface area contributed by atoms with Gasteiger partial charge in [-0.1, -0.05) is 0 Å². The van der Waals surface area contributed by atoms with Crippen molar-refractivity contribution in [2.75, 3.05) is 6.54 Å². The second-order valence-electron chi connectivity index (χ2n) is 12.3. The van der Waals surface area contributed by atoms with Gasteiger partial charge < -0.3 is 35.1 Å². The first-order valence-electron chi connectivity index (χ1n) is 13.3. The number of H-pyrrole nitrogens is 1. The first-order chi connectivity index (χ1) is 18.2. The number of hydrogen-bond acceptors (Lipinski definition) is 9. The van der Waals surface area contributed by atoms with Gasteiger partial charge in [0, 0.05) is 6.54 Å². The molecule has 1 rings (SSSR count). The predicted octanol–water partition coefficient (Wildman–Crippen LogP) is 3.00. The van der Waals surface area contributed by atoms with Gasteiger partial charge in [-0.15, -0.1) is 0 Å². The number of unbranched alkanes of at least 4 members (excludes halogenated alkanes) is 1. The van der Waals surface area contributed by atoms with Crippen LogP contribution in [0.4, 0.5) is 4.79 Å². The molecule has 0 bridgehead atoms. The zero-order chi connectivity index (χ0) is 30.9. The Morgan fingerprint density at radius 3 is 1.90 bits per heavy atom. The topological polar surface area (TPSA) is 178 Å². The van der Waals surface area contributed by atoms with E-state index >= 15 is 0 Å². The minimum atomic E-state index is -1.03. The van der Waals surface area contributed by atoms with Crippen LogP contribution in [0.15, 0.2) is 6.33 Å². The van der Waals surface area contributed by atoms with E-state index in [1.165, 1.54) is 6.92 Å². The Bertz CT molecular complexity index is 1050. The van der Waals surface area contributed by atoms with Crippen LogP contribution in [-0.2, 0) is 23.8 Å². The molecule has 0 spiro atoms. The van der Waals surface area contributed by atoms with Gasteiger partial charge in [-0.25, -0.2) is 19.4 Å². The molecule has 0 aliphatic heterocycles. The highest BCUT2D eigenvalue weighted by molar-refractivity contribution is 6.06. The van der Waals surface area contributed by atoms with Gasteiger partial charge in [0.2, 0.25) is 0 Å². The van der Waals surface area contributed by atoms with Gasteiger partial charge in [-0.05, 0) is 88.5 Å². The summed E-state index contributed by atoms with van der Waals surface area (Å²) in [6, 6.07) is -2.03. The average Bonchev–Trinajstić information content (AvgIpc) is 3.24. The van der Waals surface area contributed by atoms with E-state index < -0.39 is 58.7 Å². The average molecular weight is 568 g/mol. The monoisotopic (exact) mass is 567 g/mol. The number of ether oxygens (including phenoxy) is 3. The molecule has 0 aliphatic carbocycles. The fraction of sp³-hybridized carbons (Fsp3) is 0.704. The molecule has 0 aromatic carbocycles. The number of alkyl carbamates (subject to hydrolysis) is 1. The Morgan fingerprint density at radius 1 is 0.800 bits per heavy atom. The Hall–Kier alpha value is -3.64. The minimum absolute atomic E-state index is 0.186. The smallest absolute Gasteiger partial charge is 0.407 e. The summed E-state index contributed by atoms with van der Waals surface area (Å²) in [6.07, 6.45) is 1.79. The second kappa shape index (κ2) is 14.1. The molecule has 0 unspecified atom stereocenters. The number of rotatable bonds is 11. The molecule has 1 heterocycles. The molecule has 1 aromatic rings. The zero-order valence-corrected chi connectivity index (χ0v) is 25.3. The predicted molar refractivity (Wildman–Crippen MR) is 147 cm³/mol. The van der Waals surface area contributed by atoms with E-state index in [9.17, 15) is 24.0 Å². The van der Waals surface area contributed by atoms with Crippen LogP contribution in [0.3, 0.4) is 0 Å². The largest absolute Gasteiger partial charge is 0.458 e. The van der Waals surface area contributed by atoms with Crippen molar-refractivity contribution in [2.24, 2.45) is 0 Å². The normalized spacial score (nSPS) is 13.4. The van der Waals surface area contributed by atoms with Gasteiger partial charge in [0.05, 0.1) is 6.33 Å². The van der Waals surface area contributed by atoms with Crippen LogP contribution in [0.25, 0.3) is 0 Å². The number of aromatic amines is 1. The molecule has 2 atom stereocenters. The summed E-state index contributed by atoms with van der Waals surface area (Å²) in [5.41, 5.74) is -2.59. The SMILES string of the molecule is C[C@H](NC(=O)c1nc[nH]c1C(=O)N[C@@H](CCCCNC(=O)OC(C)(C)C)C(=O)OC(C)(C)C)C(=O)OC(C)(C)C. The molecule has 0 saturated heterocycles. The third-order valence-corrected chi connectivity index (χ3v) is 4.77. The number of aromatic nitrogens is 2. The highest BCUT2D eigenvalue weighted by Gasteiger charge is 2.30. The summed E-state index contributed by atoms with van der Waals surface area (Å²) in [5.74, 6) is -2.82. The lowest BCUT2D eigenvalue weighted by molar-refractivity contribution is -0.158. The lowest BCUT2D eigenvalue weighted by Gasteiger charge is -2.24. The molecule has 1 aromatic heterocycles. The van der Waals surface area contributed by atoms with Gasteiger partial charge in [-0.3, -0.25) is 9.59 Å². The quantitative estimate of drug-likeness (QED) is 0.178. The Balaban J connectivity index is 2.87. The number of carbonyl (C=O) groups is 5. The van der Waals surface area contributed by atoms with Crippen molar-refractivity contribution in [3.05, 3.63) is 17.7 Å². The summed E-state index contributed by atoms with van der Waals surface area (Å²) in [6.45, 7) is 17.3. The van der Waals surface area contributed by atoms with Gasteiger partial charge >= 0.3 is 18.0 Å². The lowest BCUT2D eigenvalue weighted by Crippen LogP contribution is -2.45. The van der Waals surface area contributed by atoms with Crippen molar-refractivity contribution >= 4 is 29.8 Å². The van der Waals surface area contributed by atoms with Crippen LogP contribution in [0.5, 0.6) is 0 Å². The van der Waals surface area contributed by atoms with Crippen molar-refractivity contribution in [1.82, 2.24) is 25.9 Å². The molecular weight excluding hydrogens is 522 g/mol. The molecule has 0 fully saturated rings. The summed E-state index contributed by atoms with van der Waals surface area (Å²) in [5, 5.41) is 7.72. The molecular formula is C27H45N5O8. The van der Waals surface area contributed by atoms with E-state index in [2.05, 4.69) is 25.9 Å². The third kappa shape index (κ3) is 13.4. The number of esters is 2. The first kappa shape index (κ1) is 34.4. The van der Waals surface area contributed by atoms with E-state index in [4.69, 9.17) is 14.2 Å². The van der Waals surface area contributed by atoms with Crippen LogP contribution in [0, 0.1) is 0 Å².